The van der Waals surface area contributed by atoms with Gasteiger partial charge in [-0.2, -0.15) is 0 Å². The molecule has 4 rings (SSSR count). The lowest BCUT2D eigenvalue weighted by atomic mass is 10.2. The SMILES string of the molecule is Cc1noc(C=Cc2ccc(S(=O)(=O)NCc3ccc(F)cc3)s2)c1NC(=O)C1CC1. The highest BCUT2D eigenvalue weighted by molar-refractivity contribution is 7.91. The van der Waals surface area contributed by atoms with Crippen LogP contribution in [0.5, 0.6) is 0 Å². The molecular weight excluding hydrogens is 441 g/mol. The molecule has 0 bridgehead atoms. The van der Waals surface area contributed by atoms with Gasteiger partial charge in [0.15, 0.2) is 5.76 Å². The molecule has 1 aromatic carbocycles. The van der Waals surface area contributed by atoms with Crippen LogP contribution in [-0.4, -0.2) is 19.5 Å². The molecule has 31 heavy (non-hydrogen) atoms. The average Bonchev–Trinajstić information content (AvgIpc) is 3.39. The first-order valence-electron chi connectivity index (χ1n) is 9.61. The molecule has 0 aliphatic heterocycles. The maximum atomic E-state index is 13.0. The highest BCUT2D eigenvalue weighted by Gasteiger charge is 2.30. The average molecular weight is 462 g/mol. The van der Waals surface area contributed by atoms with E-state index in [-0.39, 0.29) is 28.4 Å². The number of hydrogen-bond acceptors (Lipinski definition) is 6. The Morgan fingerprint density at radius 1 is 1.23 bits per heavy atom. The van der Waals surface area contributed by atoms with Crippen molar-refractivity contribution in [1.82, 2.24) is 9.88 Å². The molecule has 162 valence electrons. The van der Waals surface area contributed by atoms with E-state index >= 15 is 0 Å². The molecular formula is C21H20FN3O4S2. The highest BCUT2D eigenvalue weighted by atomic mass is 32.2. The van der Waals surface area contributed by atoms with E-state index in [1.54, 1.807) is 25.1 Å². The second-order valence-electron chi connectivity index (χ2n) is 7.21. The first-order chi connectivity index (χ1) is 14.8. The van der Waals surface area contributed by atoms with E-state index in [1.807, 2.05) is 0 Å². The van der Waals surface area contributed by atoms with Crippen molar-refractivity contribution in [3.63, 3.8) is 0 Å². The van der Waals surface area contributed by atoms with Gasteiger partial charge in [0, 0.05) is 17.3 Å². The number of nitrogens with zero attached hydrogens (tertiary/aromatic N) is 1. The summed E-state index contributed by atoms with van der Waals surface area (Å²) in [5.41, 5.74) is 1.76. The van der Waals surface area contributed by atoms with Crippen molar-refractivity contribution in [1.29, 1.82) is 0 Å². The van der Waals surface area contributed by atoms with E-state index in [0.717, 1.165) is 24.2 Å². The second kappa shape index (κ2) is 8.74. The van der Waals surface area contributed by atoms with E-state index in [2.05, 4.69) is 15.2 Å². The third-order valence-electron chi connectivity index (χ3n) is 4.73. The van der Waals surface area contributed by atoms with Crippen molar-refractivity contribution in [2.24, 2.45) is 5.92 Å². The molecule has 7 nitrogen and oxygen atoms in total. The van der Waals surface area contributed by atoms with Crippen LogP contribution in [0.2, 0.25) is 0 Å². The van der Waals surface area contributed by atoms with Crippen molar-refractivity contribution in [3.8, 4) is 0 Å². The third kappa shape index (κ3) is 5.27. The molecule has 0 spiro atoms. The summed E-state index contributed by atoms with van der Waals surface area (Å²) in [6, 6.07) is 8.81. The molecule has 0 unspecified atom stereocenters. The van der Waals surface area contributed by atoms with Crippen LogP contribution < -0.4 is 10.0 Å². The Morgan fingerprint density at radius 3 is 2.68 bits per heavy atom. The number of carbonyl (C=O) groups excluding carboxylic acids is 1. The Balaban J connectivity index is 1.43. The molecule has 2 N–H and O–H groups in total. The number of aryl methyl sites for hydroxylation is 1. The van der Waals surface area contributed by atoms with Crippen molar-refractivity contribution < 1.29 is 22.1 Å². The fraction of sp³-hybridized carbons (Fsp3) is 0.238. The number of halogens is 1. The molecule has 2 heterocycles. The summed E-state index contributed by atoms with van der Waals surface area (Å²) in [5.74, 6) is 0.0357. The summed E-state index contributed by atoms with van der Waals surface area (Å²) in [7, 11) is -3.71. The first-order valence-corrected chi connectivity index (χ1v) is 11.9. The van der Waals surface area contributed by atoms with Gasteiger partial charge in [-0.1, -0.05) is 17.3 Å². The fourth-order valence-electron chi connectivity index (χ4n) is 2.80. The van der Waals surface area contributed by atoms with Crippen LogP contribution in [0.4, 0.5) is 10.1 Å². The largest absolute Gasteiger partial charge is 0.354 e. The molecule has 2 aromatic heterocycles. The lowest BCUT2D eigenvalue weighted by Gasteiger charge is -2.04. The van der Waals surface area contributed by atoms with Crippen LogP contribution in [-0.2, 0) is 21.4 Å². The standard InChI is InChI=1S/C21H20FN3O4S2/c1-13-20(24-21(26)15-4-5-15)18(29-25-13)10-8-17-9-11-19(30-17)31(27,28)23-12-14-2-6-16(22)7-3-14/h2-3,6-11,15,23H,4-5,12H2,1H3,(H,24,26). The monoisotopic (exact) mass is 461 g/mol. The van der Waals surface area contributed by atoms with Gasteiger partial charge in [0.05, 0.1) is 0 Å². The van der Waals surface area contributed by atoms with Crippen molar-refractivity contribution in [2.75, 3.05) is 5.32 Å². The number of amides is 1. The fourth-order valence-corrected chi connectivity index (χ4v) is 5.09. The predicted octanol–water partition coefficient (Wildman–Crippen LogP) is 4.18. The summed E-state index contributed by atoms with van der Waals surface area (Å²) >= 11 is 1.09. The molecule has 1 amide bonds. The van der Waals surface area contributed by atoms with Crippen LogP contribution in [0.1, 0.15) is 34.7 Å². The van der Waals surface area contributed by atoms with Crippen molar-refractivity contribution in [3.05, 3.63) is 64.1 Å². The summed E-state index contributed by atoms with van der Waals surface area (Å²) in [5, 5.41) is 6.75. The molecule has 3 aromatic rings. The molecule has 1 aliphatic carbocycles. The zero-order valence-electron chi connectivity index (χ0n) is 16.6. The highest BCUT2D eigenvalue weighted by Crippen LogP contribution is 2.32. The molecule has 0 saturated heterocycles. The normalized spacial score (nSPS) is 14.3. The molecule has 0 atom stereocenters. The quantitative estimate of drug-likeness (QED) is 0.524. The second-order valence-corrected chi connectivity index (χ2v) is 10.3. The smallest absolute Gasteiger partial charge is 0.250 e. The lowest BCUT2D eigenvalue weighted by Crippen LogP contribution is -2.22. The number of rotatable bonds is 8. The third-order valence-corrected chi connectivity index (χ3v) is 7.67. The number of thiophene rings is 1. The zero-order valence-corrected chi connectivity index (χ0v) is 18.2. The van der Waals surface area contributed by atoms with Gasteiger partial charge in [0.25, 0.3) is 0 Å². The summed E-state index contributed by atoms with van der Waals surface area (Å²) in [6.07, 6.45) is 5.14. The number of hydrogen-bond donors (Lipinski definition) is 2. The number of aromatic nitrogens is 1. The van der Waals surface area contributed by atoms with E-state index < -0.39 is 10.0 Å². The molecule has 1 fully saturated rings. The number of anilines is 1. The minimum Gasteiger partial charge on any atom is -0.354 e. The maximum Gasteiger partial charge on any atom is 0.250 e. The van der Waals surface area contributed by atoms with E-state index in [0.29, 0.717) is 27.6 Å². The molecule has 1 saturated carbocycles. The molecule has 1 aliphatic rings. The van der Waals surface area contributed by atoms with Gasteiger partial charge < -0.3 is 9.84 Å². The Morgan fingerprint density at radius 2 is 1.97 bits per heavy atom. The molecule has 0 radical (unpaired) electrons. The molecule has 10 heteroatoms. The Labute approximate surface area is 183 Å². The van der Waals surface area contributed by atoms with Crippen LogP contribution in [0.25, 0.3) is 12.2 Å². The number of benzene rings is 1. The van der Waals surface area contributed by atoms with E-state index in [9.17, 15) is 17.6 Å². The Bertz CT molecular complexity index is 1230. The minimum absolute atomic E-state index is 0.0438. The van der Waals surface area contributed by atoms with Crippen molar-refractivity contribution >= 4 is 45.1 Å². The van der Waals surface area contributed by atoms with Gasteiger partial charge >= 0.3 is 0 Å². The van der Waals surface area contributed by atoms with Crippen molar-refractivity contribution in [2.45, 2.75) is 30.5 Å². The van der Waals surface area contributed by atoms with Gasteiger partial charge in [-0.15, -0.1) is 11.3 Å². The lowest BCUT2D eigenvalue weighted by molar-refractivity contribution is -0.117. The van der Waals surface area contributed by atoms with Gasteiger partial charge in [-0.05, 0) is 61.7 Å². The minimum atomic E-state index is -3.71. The summed E-state index contributed by atoms with van der Waals surface area (Å²) in [4.78, 5) is 12.7. The van der Waals surface area contributed by atoms with E-state index in [1.165, 1.54) is 30.3 Å². The number of nitrogens with one attached hydrogen (secondary N) is 2. The topological polar surface area (TPSA) is 101 Å². The van der Waals surface area contributed by atoms with Crippen LogP contribution >= 0.6 is 11.3 Å². The predicted molar refractivity (Wildman–Crippen MR) is 116 cm³/mol. The van der Waals surface area contributed by atoms with Crippen LogP contribution in [0.15, 0.2) is 45.1 Å². The van der Waals surface area contributed by atoms with Crippen LogP contribution in [0, 0.1) is 18.7 Å². The van der Waals surface area contributed by atoms with Gasteiger partial charge in [0.2, 0.25) is 15.9 Å². The summed E-state index contributed by atoms with van der Waals surface area (Å²) in [6.45, 7) is 1.80. The van der Waals surface area contributed by atoms with Gasteiger partial charge in [0.1, 0.15) is 21.4 Å². The van der Waals surface area contributed by atoms with Gasteiger partial charge in [-0.25, -0.2) is 17.5 Å². The number of carbonyl (C=O) groups is 1. The maximum absolute atomic E-state index is 13.0. The van der Waals surface area contributed by atoms with Gasteiger partial charge in [-0.3, -0.25) is 4.79 Å². The zero-order chi connectivity index (χ0) is 22.0. The Hall–Kier alpha value is -2.82. The first kappa shape index (κ1) is 21.4. The van der Waals surface area contributed by atoms with E-state index in [4.69, 9.17) is 4.52 Å². The number of sulfonamides is 1. The van der Waals surface area contributed by atoms with Crippen LogP contribution in [0.3, 0.4) is 0 Å². The summed E-state index contributed by atoms with van der Waals surface area (Å²) < 4.78 is 46.0. The Kier molecular flexibility index (Phi) is 6.03.